The van der Waals surface area contributed by atoms with Crippen LogP contribution in [0, 0.1) is 0 Å². The molecular formula is C18H22N6OS. The van der Waals surface area contributed by atoms with Crippen molar-refractivity contribution in [2.24, 2.45) is 0 Å². The van der Waals surface area contributed by atoms with E-state index < -0.39 is 0 Å². The van der Waals surface area contributed by atoms with Crippen LogP contribution in [0.3, 0.4) is 0 Å². The maximum Gasteiger partial charge on any atom is 0.254 e. The average Bonchev–Trinajstić information content (AvgIpc) is 3.16. The summed E-state index contributed by atoms with van der Waals surface area (Å²) in [6, 6.07) is 6.71. The first-order valence-electron chi connectivity index (χ1n) is 8.74. The van der Waals surface area contributed by atoms with Crippen molar-refractivity contribution in [2.75, 3.05) is 49.3 Å². The largest absolute Gasteiger partial charge is 0.375 e. The predicted molar refractivity (Wildman–Crippen MR) is 104 cm³/mol. The first kappa shape index (κ1) is 17.1. The van der Waals surface area contributed by atoms with Gasteiger partial charge in [-0.1, -0.05) is 6.07 Å². The van der Waals surface area contributed by atoms with Gasteiger partial charge in [-0.05, 0) is 17.7 Å². The van der Waals surface area contributed by atoms with Crippen LogP contribution in [0.15, 0.2) is 35.5 Å². The zero-order valence-electron chi connectivity index (χ0n) is 14.7. The summed E-state index contributed by atoms with van der Waals surface area (Å²) in [5.41, 5.74) is 3.09. The number of hydrogen-bond acceptors (Lipinski definition) is 7. The number of carbonyl (C=O) groups is 1. The van der Waals surface area contributed by atoms with Gasteiger partial charge in [-0.2, -0.15) is 0 Å². The number of hydrogen-bond donors (Lipinski definition) is 2. The lowest BCUT2D eigenvalue weighted by atomic mass is 10.1. The Labute approximate surface area is 157 Å². The second-order valence-electron chi connectivity index (χ2n) is 6.41. The van der Waals surface area contributed by atoms with Gasteiger partial charge in [0, 0.05) is 62.7 Å². The molecule has 1 saturated heterocycles. The molecule has 2 aliphatic heterocycles. The Hall–Kier alpha value is -2.32. The number of anilines is 2. The maximum atomic E-state index is 11.6. The van der Waals surface area contributed by atoms with E-state index in [1.807, 2.05) is 11.8 Å². The molecule has 1 amide bonds. The van der Waals surface area contributed by atoms with E-state index in [-0.39, 0.29) is 5.91 Å². The number of aromatic nitrogens is 2. The summed E-state index contributed by atoms with van der Waals surface area (Å²) in [6.07, 6.45) is 3.17. The number of benzene rings is 1. The Morgan fingerprint density at radius 3 is 2.73 bits per heavy atom. The highest BCUT2D eigenvalue weighted by Crippen LogP contribution is 2.34. The maximum absolute atomic E-state index is 11.6. The van der Waals surface area contributed by atoms with Gasteiger partial charge < -0.3 is 15.5 Å². The van der Waals surface area contributed by atoms with Crippen molar-refractivity contribution in [3.05, 3.63) is 41.7 Å². The monoisotopic (exact) mass is 370 g/mol. The first-order chi connectivity index (χ1) is 12.7. The smallest absolute Gasteiger partial charge is 0.254 e. The zero-order chi connectivity index (χ0) is 17.9. The summed E-state index contributed by atoms with van der Waals surface area (Å²) in [7, 11) is 1.60. The summed E-state index contributed by atoms with van der Waals surface area (Å²) >= 11 is 1.85. The van der Waals surface area contributed by atoms with Gasteiger partial charge in [-0.25, -0.2) is 9.97 Å². The molecule has 1 aromatic carbocycles. The quantitative estimate of drug-likeness (QED) is 0.847. The summed E-state index contributed by atoms with van der Waals surface area (Å²) in [4.78, 5) is 26.2. The van der Waals surface area contributed by atoms with Crippen molar-refractivity contribution < 1.29 is 4.79 Å². The van der Waals surface area contributed by atoms with Gasteiger partial charge >= 0.3 is 0 Å². The molecule has 0 radical (unpaired) electrons. The molecule has 1 fully saturated rings. The van der Waals surface area contributed by atoms with E-state index in [0.717, 1.165) is 38.6 Å². The van der Waals surface area contributed by atoms with Crippen LogP contribution in [0.2, 0.25) is 0 Å². The molecule has 4 rings (SSSR count). The highest BCUT2D eigenvalue weighted by atomic mass is 32.2. The topological polar surface area (TPSA) is 73.4 Å². The molecule has 2 aromatic rings. The molecule has 7 nitrogen and oxygen atoms in total. The number of carbonyl (C=O) groups excluding carboxylic acids is 1. The lowest BCUT2D eigenvalue weighted by Gasteiger charge is -2.34. The minimum Gasteiger partial charge on any atom is -0.375 e. The lowest BCUT2D eigenvalue weighted by molar-refractivity contribution is 0.0962. The molecule has 2 aliphatic rings. The molecule has 3 heterocycles. The van der Waals surface area contributed by atoms with E-state index in [1.165, 1.54) is 16.1 Å². The van der Waals surface area contributed by atoms with E-state index in [0.29, 0.717) is 11.5 Å². The van der Waals surface area contributed by atoms with E-state index in [2.05, 4.69) is 48.6 Å². The third-order valence-electron chi connectivity index (χ3n) is 4.72. The molecule has 0 spiro atoms. The van der Waals surface area contributed by atoms with Crippen molar-refractivity contribution in [3.63, 3.8) is 0 Å². The van der Waals surface area contributed by atoms with E-state index >= 15 is 0 Å². The molecule has 0 saturated carbocycles. The van der Waals surface area contributed by atoms with Crippen molar-refractivity contribution in [1.29, 1.82) is 0 Å². The molecule has 0 unspecified atom stereocenters. The second kappa shape index (κ2) is 7.51. The van der Waals surface area contributed by atoms with Gasteiger partial charge in [-0.15, -0.1) is 11.8 Å². The third kappa shape index (κ3) is 3.61. The fraction of sp³-hybridized carbons (Fsp3) is 0.389. The Morgan fingerprint density at radius 2 is 2.00 bits per heavy atom. The molecular weight excluding hydrogens is 348 g/mol. The molecule has 2 N–H and O–H groups in total. The molecule has 0 aliphatic carbocycles. The van der Waals surface area contributed by atoms with Gasteiger partial charge in [0.15, 0.2) is 0 Å². The fourth-order valence-corrected chi connectivity index (χ4v) is 4.08. The van der Waals surface area contributed by atoms with Crippen LogP contribution in [0.4, 0.5) is 11.6 Å². The highest BCUT2D eigenvalue weighted by Gasteiger charge is 2.20. The number of rotatable bonds is 4. The zero-order valence-corrected chi connectivity index (χ0v) is 15.6. The highest BCUT2D eigenvalue weighted by molar-refractivity contribution is 7.99. The Kier molecular flexibility index (Phi) is 4.94. The molecule has 26 heavy (non-hydrogen) atoms. The van der Waals surface area contributed by atoms with Gasteiger partial charge in [0.05, 0.1) is 11.4 Å². The summed E-state index contributed by atoms with van der Waals surface area (Å²) in [5, 5.41) is 5.99. The van der Waals surface area contributed by atoms with Crippen molar-refractivity contribution in [2.45, 2.75) is 11.4 Å². The minimum absolute atomic E-state index is 0.163. The van der Waals surface area contributed by atoms with E-state index in [9.17, 15) is 4.79 Å². The van der Waals surface area contributed by atoms with Crippen molar-refractivity contribution in [3.8, 4) is 0 Å². The number of nitrogens with zero attached hydrogens (tertiary/aromatic N) is 4. The fourth-order valence-electron chi connectivity index (χ4n) is 3.24. The Balaban J connectivity index is 1.33. The molecule has 1 aromatic heterocycles. The van der Waals surface area contributed by atoms with Crippen molar-refractivity contribution >= 4 is 29.3 Å². The third-order valence-corrected chi connectivity index (χ3v) is 5.68. The molecule has 8 heteroatoms. The van der Waals surface area contributed by atoms with Crippen LogP contribution in [-0.4, -0.2) is 59.9 Å². The summed E-state index contributed by atoms with van der Waals surface area (Å²) in [5.74, 6) is 1.50. The number of fused-ring (bicyclic) bond motifs is 1. The van der Waals surface area contributed by atoms with Crippen LogP contribution in [0.25, 0.3) is 0 Å². The van der Waals surface area contributed by atoms with Gasteiger partial charge in [0.25, 0.3) is 5.91 Å². The number of thioether (sulfide) groups is 1. The van der Waals surface area contributed by atoms with E-state index in [1.54, 1.807) is 19.4 Å². The lowest BCUT2D eigenvalue weighted by Crippen LogP contribution is -2.46. The normalized spacial score (nSPS) is 16.9. The predicted octanol–water partition coefficient (Wildman–Crippen LogP) is 1.63. The van der Waals surface area contributed by atoms with Gasteiger partial charge in [-0.3, -0.25) is 9.69 Å². The molecule has 136 valence electrons. The van der Waals surface area contributed by atoms with Crippen LogP contribution in [0.5, 0.6) is 0 Å². The molecule has 0 atom stereocenters. The SMILES string of the molecule is CNC(=O)c1cnc(N2CCN(Cc3ccc4c(c3)NCS4)CC2)nc1. The van der Waals surface area contributed by atoms with Crippen LogP contribution < -0.4 is 15.5 Å². The standard InChI is InChI=1S/C18H22N6OS/c1-19-17(25)14-9-20-18(21-10-14)24-6-4-23(5-7-24)11-13-2-3-16-15(8-13)22-12-26-16/h2-3,8-10,22H,4-7,11-12H2,1H3,(H,19,25). The van der Waals surface area contributed by atoms with Crippen molar-refractivity contribution in [1.82, 2.24) is 20.2 Å². The molecule has 0 bridgehead atoms. The average molecular weight is 370 g/mol. The van der Waals surface area contributed by atoms with Crippen LogP contribution >= 0.6 is 11.8 Å². The summed E-state index contributed by atoms with van der Waals surface area (Å²) in [6.45, 7) is 4.68. The minimum atomic E-state index is -0.163. The van der Waals surface area contributed by atoms with Gasteiger partial charge in [0.1, 0.15) is 0 Å². The Morgan fingerprint density at radius 1 is 1.23 bits per heavy atom. The van der Waals surface area contributed by atoms with Crippen LogP contribution in [0.1, 0.15) is 15.9 Å². The summed E-state index contributed by atoms with van der Waals surface area (Å²) < 4.78 is 0. The number of amides is 1. The number of nitrogens with one attached hydrogen (secondary N) is 2. The van der Waals surface area contributed by atoms with E-state index in [4.69, 9.17) is 0 Å². The van der Waals surface area contributed by atoms with Gasteiger partial charge in [0.2, 0.25) is 5.95 Å². The first-order valence-corrected chi connectivity index (χ1v) is 9.72. The van der Waals surface area contributed by atoms with Crippen LogP contribution in [-0.2, 0) is 6.54 Å². The number of piperazine rings is 1. The Bertz CT molecular complexity index is 789. The second-order valence-corrected chi connectivity index (χ2v) is 7.43.